The van der Waals surface area contributed by atoms with Crippen LogP contribution in [0.1, 0.15) is 32.2 Å². The second kappa shape index (κ2) is 7.36. The molecule has 0 saturated heterocycles. The van der Waals surface area contributed by atoms with Gasteiger partial charge in [0.15, 0.2) is 11.4 Å². The molecule has 0 aliphatic carbocycles. The van der Waals surface area contributed by atoms with Crippen molar-refractivity contribution in [2.45, 2.75) is 6.92 Å². The van der Waals surface area contributed by atoms with Crippen molar-refractivity contribution in [2.75, 3.05) is 0 Å². The third-order valence-corrected chi connectivity index (χ3v) is 4.23. The van der Waals surface area contributed by atoms with Crippen molar-refractivity contribution in [3.63, 3.8) is 0 Å². The van der Waals surface area contributed by atoms with E-state index in [4.69, 9.17) is 19.1 Å². The summed E-state index contributed by atoms with van der Waals surface area (Å²) in [5, 5.41) is 18.9. The minimum absolute atomic E-state index is 0.0229. The molecule has 1 unspecified atom stereocenters. The lowest BCUT2D eigenvalue weighted by atomic mass is 10.1. The number of quaternary nitrogens is 1. The van der Waals surface area contributed by atoms with Gasteiger partial charge >= 0.3 is 5.97 Å². The van der Waals surface area contributed by atoms with Crippen LogP contribution >= 0.6 is 0 Å². The van der Waals surface area contributed by atoms with Gasteiger partial charge in [0.05, 0.1) is 11.1 Å². The molecule has 146 valence electrons. The van der Waals surface area contributed by atoms with E-state index in [2.05, 4.69) is 0 Å². The van der Waals surface area contributed by atoms with Crippen molar-refractivity contribution < 1.29 is 33.9 Å². The number of allylic oxidation sites excluding steroid dienone is 1. The van der Waals surface area contributed by atoms with Crippen molar-refractivity contribution >= 4 is 23.5 Å². The van der Waals surface area contributed by atoms with Crippen LogP contribution in [0, 0.1) is 12.1 Å². The Morgan fingerprint density at radius 2 is 2.00 bits per heavy atom. The Kier molecular flexibility index (Phi) is 4.73. The van der Waals surface area contributed by atoms with Gasteiger partial charge in [0.25, 0.3) is 0 Å². The number of hydrogen-bond donors (Lipinski definition) is 2. The van der Waals surface area contributed by atoms with Gasteiger partial charge in [-0.2, -0.15) is 5.23 Å². The van der Waals surface area contributed by atoms with Crippen molar-refractivity contribution in [2.24, 2.45) is 0 Å². The number of ketones is 1. The molecule has 4 rings (SSSR count). The Bertz CT molecular complexity index is 1140. The molecular formula is C21H15NO7. The lowest BCUT2D eigenvalue weighted by Crippen LogP contribution is -2.99. The largest absolute Gasteiger partial charge is 0.595 e. The van der Waals surface area contributed by atoms with Crippen LogP contribution in [-0.2, 0) is 0 Å². The SMILES string of the molecule is Cc1ccc(C=C2Oc3cc(OC(=O)c4cccc([NH+]([O-])O)c4)ccc3C2=O)o1. The number of benzene rings is 2. The van der Waals surface area contributed by atoms with Gasteiger partial charge in [0, 0.05) is 24.3 Å². The number of carbonyl (C=O) groups excluding carboxylic acids is 2. The summed E-state index contributed by atoms with van der Waals surface area (Å²) < 4.78 is 16.3. The maximum absolute atomic E-state index is 12.5. The predicted octanol–water partition coefficient (Wildman–Crippen LogP) is 2.83. The monoisotopic (exact) mass is 393 g/mol. The zero-order valence-electron chi connectivity index (χ0n) is 15.2. The Labute approximate surface area is 164 Å². The molecule has 0 radical (unpaired) electrons. The number of rotatable bonds is 4. The topological polar surface area (TPSA) is 113 Å². The van der Waals surface area contributed by atoms with Crippen LogP contribution in [0.5, 0.6) is 11.5 Å². The van der Waals surface area contributed by atoms with Crippen molar-refractivity contribution in [1.29, 1.82) is 0 Å². The smallest absolute Gasteiger partial charge is 0.343 e. The normalized spacial score (nSPS) is 15.1. The summed E-state index contributed by atoms with van der Waals surface area (Å²) in [5.41, 5.74) is 0.411. The number of carbonyl (C=O) groups is 2. The first kappa shape index (κ1) is 18.6. The van der Waals surface area contributed by atoms with Gasteiger partial charge in [-0.3, -0.25) is 4.79 Å². The van der Waals surface area contributed by atoms with E-state index in [1.54, 1.807) is 19.1 Å². The lowest BCUT2D eigenvalue weighted by Gasteiger charge is -2.12. The Balaban J connectivity index is 1.54. The zero-order chi connectivity index (χ0) is 20.5. The maximum Gasteiger partial charge on any atom is 0.343 e. The van der Waals surface area contributed by atoms with E-state index in [0.717, 1.165) is 0 Å². The summed E-state index contributed by atoms with van der Waals surface area (Å²) in [6, 6.07) is 13.4. The highest BCUT2D eigenvalue weighted by molar-refractivity contribution is 6.14. The van der Waals surface area contributed by atoms with E-state index >= 15 is 0 Å². The molecule has 8 nitrogen and oxygen atoms in total. The number of ether oxygens (including phenoxy) is 2. The third kappa shape index (κ3) is 3.81. The average molecular weight is 393 g/mol. The predicted molar refractivity (Wildman–Crippen MR) is 100.0 cm³/mol. The summed E-state index contributed by atoms with van der Waals surface area (Å²) in [7, 11) is 0. The average Bonchev–Trinajstić information content (AvgIpc) is 3.25. The number of furan rings is 1. The molecule has 1 aliphatic rings. The zero-order valence-corrected chi connectivity index (χ0v) is 15.2. The molecule has 1 aliphatic heterocycles. The fourth-order valence-electron chi connectivity index (χ4n) is 2.84. The molecule has 0 bridgehead atoms. The fourth-order valence-corrected chi connectivity index (χ4v) is 2.84. The first-order valence-electron chi connectivity index (χ1n) is 8.61. The number of fused-ring (bicyclic) bond motifs is 1. The van der Waals surface area contributed by atoms with Gasteiger partial charge in [0.2, 0.25) is 5.78 Å². The summed E-state index contributed by atoms with van der Waals surface area (Å²) in [5.74, 6) is 0.698. The molecule has 0 saturated carbocycles. The second-order valence-corrected chi connectivity index (χ2v) is 6.32. The van der Waals surface area contributed by atoms with Gasteiger partial charge in [0.1, 0.15) is 23.0 Å². The number of nitrogens with one attached hydrogen (secondary N) is 1. The van der Waals surface area contributed by atoms with E-state index in [1.165, 1.54) is 48.5 Å². The minimum Gasteiger partial charge on any atom is -0.595 e. The van der Waals surface area contributed by atoms with Crippen LogP contribution < -0.4 is 14.7 Å². The highest BCUT2D eigenvalue weighted by Crippen LogP contribution is 2.35. The Morgan fingerprint density at radius 1 is 1.17 bits per heavy atom. The molecule has 1 aromatic heterocycles. The quantitative estimate of drug-likeness (QED) is 0.303. The van der Waals surface area contributed by atoms with Crippen LogP contribution in [0.3, 0.4) is 0 Å². The molecule has 8 heteroatoms. The van der Waals surface area contributed by atoms with Gasteiger partial charge in [-0.1, -0.05) is 6.07 Å². The van der Waals surface area contributed by atoms with Crippen LogP contribution in [0.15, 0.2) is 64.8 Å². The number of hydrogen-bond acceptors (Lipinski definition) is 7. The molecule has 2 N–H and O–H groups in total. The number of esters is 1. The number of Topliss-reactive ketones (excluding diaryl/α,β-unsaturated/α-hetero) is 1. The molecule has 0 fully saturated rings. The van der Waals surface area contributed by atoms with Gasteiger partial charge in [-0.25, -0.2) is 10.0 Å². The molecule has 29 heavy (non-hydrogen) atoms. The third-order valence-electron chi connectivity index (χ3n) is 4.23. The fraction of sp³-hybridized carbons (Fsp3) is 0.0476. The van der Waals surface area contributed by atoms with Gasteiger partial charge in [-0.15, -0.1) is 0 Å². The first-order chi connectivity index (χ1) is 13.9. The van der Waals surface area contributed by atoms with Crippen molar-refractivity contribution in [3.8, 4) is 11.5 Å². The standard InChI is InChI=1S/C21H15NO7/c1-12-5-6-15(27-12)11-19-20(23)17-8-7-16(10-18(17)29-19)28-21(24)13-3-2-4-14(9-13)22(25)26/h2-11,22,25H,1H3. The Morgan fingerprint density at radius 3 is 2.72 bits per heavy atom. The Hall–Kier alpha value is -3.72. The second-order valence-electron chi connectivity index (χ2n) is 6.32. The number of aryl methyl sites for hydroxylation is 1. The van der Waals surface area contributed by atoms with Crippen LogP contribution in [-0.4, -0.2) is 17.0 Å². The van der Waals surface area contributed by atoms with Crippen molar-refractivity contribution in [3.05, 3.63) is 88.2 Å². The van der Waals surface area contributed by atoms with Gasteiger partial charge in [-0.05, 0) is 37.3 Å². The molecule has 3 aromatic rings. The van der Waals surface area contributed by atoms with E-state index in [1.807, 2.05) is 0 Å². The van der Waals surface area contributed by atoms with Crippen molar-refractivity contribution in [1.82, 2.24) is 0 Å². The molecular weight excluding hydrogens is 378 g/mol. The first-order valence-corrected chi connectivity index (χ1v) is 8.61. The highest BCUT2D eigenvalue weighted by Gasteiger charge is 2.28. The summed E-state index contributed by atoms with van der Waals surface area (Å²) in [6.07, 6.45) is 1.50. The summed E-state index contributed by atoms with van der Waals surface area (Å²) in [6.45, 7) is 1.79. The maximum atomic E-state index is 12.5. The molecule has 1 atom stereocenters. The van der Waals surface area contributed by atoms with E-state index in [-0.39, 0.29) is 34.3 Å². The highest BCUT2D eigenvalue weighted by atomic mass is 16.8. The van der Waals surface area contributed by atoms with Gasteiger partial charge < -0.3 is 19.1 Å². The summed E-state index contributed by atoms with van der Waals surface area (Å²) in [4.78, 5) is 24.8. The molecule has 2 aromatic carbocycles. The van der Waals surface area contributed by atoms with E-state index in [0.29, 0.717) is 17.1 Å². The molecule has 0 amide bonds. The summed E-state index contributed by atoms with van der Waals surface area (Å²) >= 11 is 0. The van der Waals surface area contributed by atoms with E-state index in [9.17, 15) is 14.8 Å². The van der Waals surface area contributed by atoms with Crippen LogP contribution in [0.4, 0.5) is 5.69 Å². The lowest BCUT2D eigenvalue weighted by molar-refractivity contribution is -0.991. The molecule has 0 spiro atoms. The van der Waals surface area contributed by atoms with E-state index < -0.39 is 11.2 Å². The van der Waals surface area contributed by atoms with Crippen LogP contribution in [0.25, 0.3) is 6.08 Å². The minimum atomic E-state index is -1.14. The molecule has 2 heterocycles. The van der Waals surface area contributed by atoms with Crippen LogP contribution in [0.2, 0.25) is 0 Å².